The van der Waals surface area contributed by atoms with Gasteiger partial charge in [-0.2, -0.15) is 9.98 Å². The van der Waals surface area contributed by atoms with Gasteiger partial charge in [-0.25, -0.2) is 9.59 Å². The summed E-state index contributed by atoms with van der Waals surface area (Å²) in [5, 5.41) is 4.40. The maximum atomic E-state index is 12.5. The zero-order valence-corrected chi connectivity index (χ0v) is 21.2. The Morgan fingerprint density at radius 2 is 0.941 bits per heavy atom. The van der Waals surface area contributed by atoms with E-state index in [0.29, 0.717) is 8.47 Å². The van der Waals surface area contributed by atoms with Crippen molar-refractivity contribution in [3.8, 4) is 0 Å². The molecule has 10 nitrogen and oxygen atoms in total. The predicted molar refractivity (Wildman–Crippen MR) is 129 cm³/mol. The van der Waals surface area contributed by atoms with Gasteiger partial charge in [-0.3, -0.25) is 20.2 Å². The molecule has 0 bridgehead atoms. The highest BCUT2D eigenvalue weighted by molar-refractivity contribution is 8.25. The van der Waals surface area contributed by atoms with Crippen LogP contribution in [0, 0.1) is 13.8 Å². The van der Waals surface area contributed by atoms with Gasteiger partial charge < -0.3 is 9.47 Å². The summed E-state index contributed by atoms with van der Waals surface area (Å²) in [6, 6.07) is -1.52. The molecule has 2 N–H and O–H groups in total. The molecule has 4 heterocycles. The molecule has 1 aromatic rings. The standard InChI is InChI=1S/C20H14N4O6S4/c1-5-9-11(33-17(31-9)7-13(25)21-19(27)23-15(7)29-3)6(2)12-10(5)32-18(34-12)8-14(26)22-20(28)24-16(8)30-4/h1-4H3,(H,21,25,27)(H,22,26,28). The van der Waals surface area contributed by atoms with Gasteiger partial charge in [0, 0.05) is 19.6 Å². The van der Waals surface area contributed by atoms with Crippen molar-refractivity contribution in [3.05, 3.63) is 30.7 Å². The third-order valence-corrected chi connectivity index (χ3v) is 10.8. The molecule has 0 fully saturated rings. The van der Waals surface area contributed by atoms with E-state index in [9.17, 15) is 19.2 Å². The monoisotopic (exact) mass is 534 g/mol. The maximum Gasteiger partial charge on any atom is 0.351 e. The number of benzene rings is 1. The number of aliphatic imine (C=N–C) groups is 2. The third-order valence-electron chi connectivity index (χ3n) is 5.08. The highest BCUT2D eigenvalue weighted by atomic mass is 32.2. The van der Waals surface area contributed by atoms with Crippen molar-refractivity contribution < 1.29 is 28.7 Å². The molecule has 0 aromatic heterocycles. The Morgan fingerprint density at radius 3 is 1.24 bits per heavy atom. The smallest absolute Gasteiger partial charge is 0.351 e. The zero-order valence-electron chi connectivity index (χ0n) is 18.0. The van der Waals surface area contributed by atoms with Gasteiger partial charge in [0.05, 0.1) is 22.7 Å². The first-order chi connectivity index (χ1) is 16.2. The summed E-state index contributed by atoms with van der Waals surface area (Å²) >= 11 is 5.66. The molecule has 4 aliphatic heterocycles. The molecule has 6 amide bonds. The van der Waals surface area contributed by atoms with Gasteiger partial charge in [0.1, 0.15) is 11.1 Å². The number of carbonyl (C=O) groups excluding carboxylic acids is 4. The minimum atomic E-state index is -0.760. The number of thioether (sulfide) groups is 4. The molecule has 0 saturated carbocycles. The number of rotatable bonds is 0. The van der Waals surface area contributed by atoms with Crippen LogP contribution in [0.15, 0.2) is 49.2 Å². The van der Waals surface area contributed by atoms with Crippen LogP contribution < -0.4 is 10.6 Å². The average Bonchev–Trinajstić information content (AvgIpc) is 3.42. The van der Waals surface area contributed by atoms with Gasteiger partial charge >= 0.3 is 12.1 Å². The number of amides is 6. The Hall–Kier alpha value is -2.68. The summed E-state index contributed by atoms with van der Waals surface area (Å²) in [7, 11) is 2.73. The lowest BCUT2D eigenvalue weighted by Crippen LogP contribution is -2.38. The topological polar surface area (TPSA) is 136 Å². The molecule has 0 unspecified atom stereocenters. The van der Waals surface area contributed by atoms with Crippen LogP contribution in [-0.2, 0) is 19.1 Å². The number of nitrogens with one attached hydrogen (secondary N) is 2. The highest BCUT2D eigenvalue weighted by Gasteiger charge is 2.39. The first kappa shape index (κ1) is 23.1. The molecular weight excluding hydrogens is 521 g/mol. The van der Waals surface area contributed by atoms with E-state index < -0.39 is 23.9 Å². The van der Waals surface area contributed by atoms with Crippen molar-refractivity contribution in [1.82, 2.24) is 10.6 Å². The fraction of sp³-hybridized carbons (Fsp3) is 0.200. The maximum absolute atomic E-state index is 12.5. The van der Waals surface area contributed by atoms with Crippen LogP contribution in [-0.4, -0.2) is 49.9 Å². The first-order valence-corrected chi connectivity index (χ1v) is 12.8. The molecule has 174 valence electrons. The lowest BCUT2D eigenvalue weighted by Gasteiger charge is -2.15. The molecule has 0 atom stereocenters. The largest absolute Gasteiger partial charge is 0.480 e. The number of hydrogen-bond acceptors (Lipinski definition) is 10. The fourth-order valence-corrected chi connectivity index (χ4v) is 9.35. The molecule has 14 heteroatoms. The van der Waals surface area contributed by atoms with Crippen molar-refractivity contribution in [2.75, 3.05) is 14.2 Å². The molecular formula is C20H14N4O6S4. The van der Waals surface area contributed by atoms with Crippen molar-refractivity contribution >= 4 is 82.7 Å². The Bertz CT molecular complexity index is 1230. The Labute approximate surface area is 209 Å². The summed E-state index contributed by atoms with van der Waals surface area (Å²) in [6.45, 7) is 3.95. The Balaban J connectivity index is 1.58. The minimum Gasteiger partial charge on any atom is -0.480 e. The van der Waals surface area contributed by atoms with E-state index in [1.165, 1.54) is 61.3 Å². The van der Waals surface area contributed by atoms with Gasteiger partial charge in [-0.1, -0.05) is 47.0 Å². The fourth-order valence-electron chi connectivity index (χ4n) is 3.52. The molecule has 4 aliphatic rings. The van der Waals surface area contributed by atoms with E-state index in [0.717, 1.165) is 30.7 Å². The van der Waals surface area contributed by atoms with Crippen molar-refractivity contribution in [2.45, 2.75) is 33.4 Å². The molecule has 0 aliphatic carbocycles. The second-order valence-electron chi connectivity index (χ2n) is 7.06. The Kier molecular flexibility index (Phi) is 5.78. The number of hydrogen-bond donors (Lipinski definition) is 2. The van der Waals surface area contributed by atoms with E-state index in [4.69, 9.17) is 9.47 Å². The summed E-state index contributed by atoms with van der Waals surface area (Å²) in [5.74, 6) is -1.14. The lowest BCUT2D eigenvalue weighted by molar-refractivity contribution is -0.117. The van der Waals surface area contributed by atoms with E-state index in [2.05, 4.69) is 20.6 Å². The van der Waals surface area contributed by atoms with Crippen LogP contribution in [0.4, 0.5) is 9.59 Å². The number of ether oxygens (including phenoxy) is 2. The SMILES string of the molecule is COC1=NC(=O)NC(=O)C1=C1Sc2c(C)c3c(c(C)c2S1)SC(=C1C(=O)NC(=O)N=C1OC)S3. The van der Waals surface area contributed by atoms with Crippen molar-refractivity contribution in [2.24, 2.45) is 9.98 Å². The third kappa shape index (κ3) is 3.56. The number of imide groups is 2. The summed E-state index contributed by atoms with van der Waals surface area (Å²) in [4.78, 5) is 59.7. The summed E-state index contributed by atoms with van der Waals surface area (Å²) < 4.78 is 11.7. The number of urea groups is 2. The van der Waals surface area contributed by atoms with E-state index in [1.807, 2.05) is 13.8 Å². The van der Waals surface area contributed by atoms with Gasteiger partial charge in [0.25, 0.3) is 11.8 Å². The summed E-state index contributed by atoms with van der Waals surface area (Å²) in [5.41, 5.74) is 2.42. The van der Waals surface area contributed by atoms with E-state index in [-0.39, 0.29) is 22.9 Å². The van der Waals surface area contributed by atoms with Crippen LogP contribution in [0.3, 0.4) is 0 Å². The normalized spacial score (nSPS) is 19.5. The second-order valence-corrected chi connectivity index (χ2v) is 11.7. The van der Waals surface area contributed by atoms with Crippen LogP contribution in [0.2, 0.25) is 0 Å². The Morgan fingerprint density at radius 1 is 0.618 bits per heavy atom. The molecule has 0 spiro atoms. The highest BCUT2D eigenvalue weighted by Crippen LogP contribution is 2.63. The molecule has 0 radical (unpaired) electrons. The van der Waals surface area contributed by atoms with Crippen molar-refractivity contribution in [1.29, 1.82) is 0 Å². The van der Waals surface area contributed by atoms with Crippen LogP contribution in [0.5, 0.6) is 0 Å². The predicted octanol–water partition coefficient (Wildman–Crippen LogP) is 3.71. The van der Waals surface area contributed by atoms with Crippen molar-refractivity contribution in [3.63, 3.8) is 0 Å². The van der Waals surface area contributed by atoms with E-state index in [1.54, 1.807) is 0 Å². The van der Waals surface area contributed by atoms with Gasteiger partial charge in [-0.15, -0.1) is 0 Å². The second kappa shape index (κ2) is 8.52. The zero-order chi connectivity index (χ0) is 24.3. The van der Waals surface area contributed by atoms with Gasteiger partial charge in [-0.05, 0) is 25.0 Å². The molecule has 5 rings (SSSR count). The van der Waals surface area contributed by atoms with Gasteiger partial charge in [0.15, 0.2) is 0 Å². The molecule has 0 saturated heterocycles. The average molecular weight is 535 g/mol. The lowest BCUT2D eigenvalue weighted by atomic mass is 10.1. The van der Waals surface area contributed by atoms with Crippen LogP contribution >= 0.6 is 47.0 Å². The molecule has 34 heavy (non-hydrogen) atoms. The van der Waals surface area contributed by atoms with Crippen LogP contribution in [0.1, 0.15) is 11.1 Å². The van der Waals surface area contributed by atoms with E-state index >= 15 is 0 Å². The first-order valence-electron chi connectivity index (χ1n) is 9.57. The summed E-state index contributed by atoms with van der Waals surface area (Å²) in [6.07, 6.45) is 0. The van der Waals surface area contributed by atoms with Crippen LogP contribution in [0.25, 0.3) is 0 Å². The number of carbonyl (C=O) groups is 4. The molecule has 1 aromatic carbocycles. The number of fused-ring (bicyclic) bond motifs is 2. The minimum absolute atomic E-state index is 0.0144. The number of nitrogens with zero attached hydrogens (tertiary/aromatic N) is 2. The number of methoxy groups -OCH3 is 2. The van der Waals surface area contributed by atoms with Gasteiger partial charge in [0.2, 0.25) is 11.8 Å². The quantitative estimate of drug-likeness (QED) is 0.474.